The van der Waals surface area contributed by atoms with Crippen molar-refractivity contribution in [2.24, 2.45) is 0 Å². The molecule has 2 aromatic rings. The first-order valence-corrected chi connectivity index (χ1v) is 8.65. The van der Waals surface area contributed by atoms with Crippen molar-refractivity contribution in [1.82, 2.24) is 15.2 Å². The summed E-state index contributed by atoms with van der Waals surface area (Å²) in [6, 6.07) is 12.4. The number of hydrogen-bond acceptors (Lipinski definition) is 4. The minimum absolute atomic E-state index is 0.0682. The number of methoxy groups -OCH3 is 1. The Morgan fingerprint density at radius 2 is 1.92 bits per heavy atom. The molecule has 1 heterocycles. The number of nitrogens with one attached hydrogen (secondary N) is 1. The van der Waals surface area contributed by atoms with Gasteiger partial charge in [-0.3, -0.25) is 14.6 Å². The molecule has 0 fully saturated rings. The maximum Gasteiger partial charge on any atom is 0.242 e. The molecule has 0 aliphatic heterocycles. The lowest BCUT2D eigenvalue weighted by atomic mass is 10.1. The van der Waals surface area contributed by atoms with Crippen LogP contribution in [-0.2, 0) is 22.7 Å². The average Bonchev–Trinajstić information content (AvgIpc) is 2.70. The third kappa shape index (κ3) is 5.31. The Kier molecular flexibility index (Phi) is 7.14. The van der Waals surface area contributed by atoms with Gasteiger partial charge in [0.2, 0.25) is 11.8 Å². The van der Waals surface area contributed by atoms with Gasteiger partial charge in [0.15, 0.2) is 0 Å². The van der Waals surface area contributed by atoms with E-state index in [1.807, 2.05) is 42.5 Å². The van der Waals surface area contributed by atoms with E-state index in [0.29, 0.717) is 19.5 Å². The summed E-state index contributed by atoms with van der Waals surface area (Å²) in [5.41, 5.74) is 1.72. The highest BCUT2D eigenvalue weighted by atomic mass is 16.5. The molecular weight excluding hydrogens is 330 g/mol. The number of carbonyl (C=O) groups excluding carboxylic acids is 2. The molecule has 138 valence electrons. The summed E-state index contributed by atoms with van der Waals surface area (Å²) in [6.45, 7) is 4.24. The molecule has 0 unspecified atom stereocenters. The van der Waals surface area contributed by atoms with Crippen LogP contribution in [0.4, 0.5) is 0 Å². The fourth-order valence-corrected chi connectivity index (χ4v) is 2.54. The average molecular weight is 355 g/mol. The molecule has 0 saturated heterocycles. The first-order chi connectivity index (χ1) is 12.5. The SMILES string of the molecule is CCC(=O)N(Cc1ccc(OC)cc1)[C@H](C)C(=O)NCc1ccccn1. The van der Waals surface area contributed by atoms with Gasteiger partial charge in [-0.15, -0.1) is 0 Å². The largest absolute Gasteiger partial charge is 0.497 e. The Hall–Kier alpha value is -2.89. The molecule has 26 heavy (non-hydrogen) atoms. The van der Waals surface area contributed by atoms with Crippen LogP contribution in [0, 0.1) is 0 Å². The molecule has 0 aliphatic rings. The topological polar surface area (TPSA) is 71.5 Å². The van der Waals surface area contributed by atoms with E-state index in [-0.39, 0.29) is 11.8 Å². The lowest BCUT2D eigenvalue weighted by molar-refractivity contribution is -0.140. The summed E-state index contributed by atoms with van der Waals surface area (Å²) in [5.74, 6) is 0.482. The smallest absolute Gasteiger partial charge is 0.242 e. The highest BCUT2D eigenvalue weighted by molar-refractivity contribution is 5.87. The standard InChI is InChI=1S/C20H25N3O3/c1-4-19(24)23(14-16-8-10-18(26-3)11-9-16)15(2)20(25)22-13-17-7-5-6-12-21-17/h5-12,15H,4,13-14H2,1-3H3,(H,22,25)/t15-/m1/s1. The number of rotatable bonds is 8. The molecule has 0 radical (unpaired) electrons. The minimum atomic E-state index is -0.576. The van der Waals surface area contributed by atoms with Crippen molar-refractivity contribution < 1.29 is 14.3 Å². The zero-order valence-corrected chi connectivity index (χ0v) is 15.4. The molecule has 2 amide bonds. The number of aromatic nitrogens is 1. The molecule has 1 aromatic heterocycles. The molecule has 2 rings (SSSR count). The summed E-state index contributed by atoms with van der Waals surface area (Å²) < 4.78 is 5.15. The normalized spacial score (nSPS) is 11.5. The Bertz CT molecular complexity index is 717. The van der Waals surface area contributed by atoms with Gasteiger partial charge in [0.1, 0.15) is 11.8 Å². The maximum absolute atomic E-state index is 12.5. The fourth-order valence-electron chi connectivity index (χ4n) is 2.54. The van der Waals surface area contributed by atoms with Crippen LogP contribution < -0.4 is 10.1 Å². The molecule has 6 nitrogen and oxygen atoms in total. The van der Waals surface area contributed by atoms with Gasteiger partial charge in [-0.05, 0) is 36.8 Å². The number of hydrogen-bond donors (Lipinski definition) is 1. The Labute approximate surface area is 154 Å². The summed E-state index contributed by atoms with van der Waals surface area (Å²) in [5, 5.41) is 2.85. The molecule has 1 aromatic carbocycles. The zero-order valence-electron chi connectivity index (χ0n) is 15.4. The second kappa shape index (κ2) is 9.56. The lowest BCUT2D eigenvalue weighted by Gasteiger charge is -2.28. The van der Waals surface area contributed by atoms with Crippen LogP contribution in [0.2, 0.25) is 0 Å². The van der Waals surface area contributed by atoms with Gasteiger partial charge in [-0.25, -0.2) is 0 Å². The van der Waals surface area contributed by atoms with Crippen LogP contribution >= 0.6 is 0 Å². The lowest BCUT2D eigenvalue weighted by Crippen LogP contribution is -2.47. The second-order valence-corrected chi connectivity index (χ2v) is 5.94. The predicted molar refractivity (Wildman–Crippen MR) is 99.4 cm³/mol. The van der Waals surface area contributed by atoms with Crippen LogP contribution in [0.3, 0.4) is 0 Å². The number of pyridine rings is 1. The molecule has 1 N–H and O–H groups in total. The van der Waals surface area contributed by atoms with Gasteiger partial charge in [-0.2, -0.15) is 0 Å². The number of nitrogens with zero attached hydrogens (tertiary/aromatic N) is 2. The fraction of sp³-hybridized carbons (Fsp3) is 0.350. The quantitative estimate of drug-likeness (QED) is 0.790. The van der Waals surface area contributed by atoms with Gasteiger partial charge < -0.3 is 15.0 Å². The number of carbonyl (C=O) groups is 2. The summed E-state index contributed by atoms with van der Waals surface area (Å²) in [4.78, 5) is 30.7. The van der Waals surface area contributed by atoms with Crippen LogP contribution in [-0.4, -0.2) is 34.8 Å². The van der Waals surface area contributed by atoms with E-state index >= 15 is 0 Å². The van der Waals surface area contributed by atoms with Gasteiger partial charge in [0.05, 0.1) is 19.3 Å². The first-order valence-electron chi connectivity index (χ1n) is 8.65. The van der Waals surface area contributed by atoms with E-state index in [9.17, 15) is 9.59 Å². The van der Waals surface area contributed by atoms with Crippen LogP contribution in [0.1, 0.15) is 31.5 Å². The van der Waals surface area contributed by atoms with Crippen molar-refractivity contribution in [2.75, 3.05) is 7.11 Å². The van der Waals surface area contributed by atoms with Gasteiger partial charge in [0, 0.05) is 19.2 Å². The molecule has 0 saturated carbocycles. The molecule has 0 spiro atoms. The van der Waals surface area contributed by atoms with Crippen molar-refractivity contribution in [3.8, 4) is 5.75 Å². The van der Waals surface area contributed by atoms with E-state index in [4.69, 9.17) is 4.74 Å². The molecular formula is C20H25N3O3. The highest BCUT2D eigenvalue weighted by Gasteiger charge is 2.25. The van der Waals surface area contributed by atoms with Crippen molar-refractivity contribution in [3.05, 3.63) is 59.9 Å². The van der Waals surface area contributed by atoms with E-state index in [0.717, 1.165) is 17.0 Å². The highest BCUT2D eigenvalue weighted by Crippen LogP contribution is 2.15. The third-order valence-corrected chi connectivity index (χ3v) is 4.15. The molecule has 1 atom stereocenters. The third-order valence-electron chi connectivity index (χ3n) is 4.15. The Morgan fingerprint density at radius 3 is 2.50 bits per heavy atom. The maximum atomic E-state index is 12.5. The second-order valence-electron chi connectivity index (χ2n) is 5.94. The van der Waals surface area contributed by atoms with E-state index in [1.165, 1.54) is 0 Å². The van der Waals surface area contributed by atoms with Crippen LogP contribution in [0.25, 0.3) is 0 Å². The Morgan fingerprint density at radius 1 is 1.19 bits per heavy atom. The van der Waals surface area contributed by atoms with Crippen LogP contribution in [0.15, 0.2) is 48.7 Å². The van der Waals surface area contributed by atoms with Crippen molar-refractivity contribution in [1.29, 1.82) is 0 Å². The van der Waals surface area contributed by atoms with E-state index in [1.54, 1.807) is 32.1 Å². The van der Waals surface area contributed by atoms with E-state index < -0.39 is 6.04 Å². The number of ether oxygens (including phenoxy) is 1. The molecule has 6 heteroatoms. The van der Waals surface area contributed by atoms with Gasteiger partial charge in [-0.1, -0.05) is 25.1 Å². The molecule has 0 bridgehead atoms. The van der Waals surface area contributed by atoms with Crippen LogP contribution in [0.5, 0.6) is 5.75 Å². The monoisotopic (exact) mass is 355 g/mol. The van der Waals surface area contributed by atoms with Crippen molar-refractivity contribution >= 4 is 11.8 Å². The van der Waals surface area contributed by atoms with Gasteiger partial charge in [0.25, 0.3) is 0 Å². The number of amides is 2. The van der Waals surface area contributed by atoms with Gasteiger partial charge >= 0.3 is 0 Å². The minimum Gasteiger partial charge on any atom is -0.497 e. The van der Waals surface area contributed by atoms with Crippen molar-refractivity contribution in [2.45, 2.75) is 39.4 Å². The number of benzene rings is 1. The van der Waals surface area contributed by atoms with Crippen molar-refractivity contribution in [3.63, 3.8) is 0 Å². The predicted octanol–water partition coefficient (Wildman–Crippen LogP) is 2.53. The summed E-state index contributed by atoms with van der Waals surface area (Å²) >= 11 is 0. The summed E-state index contributed by atoms with van der Waals surface area (Å²) in [6.07, 6.45) is 2.02. The summed E-state index contributed by atoms with van der Waals surface area (Å²) in [7, 11) is 1.61. The molecule has 0 aliphatic carbocycles. The Balaban J connectivity index is 2.04. The first kappa shape index (κ1) is 19.4. The zero-order chi connectivity index (χ0) is 18.9. The van der Waals surface area contributed by atoms with E-state index in [2.05, 4.69) is 10.3 Å².